The van der Waals surface area contributed by atoms with Gasteiger partial charge in [-0.15, -0.1) is 0 Å². The molecule has 1 aromatic heterocycles. The summed E-state index contributed by atoms with van der Waals surface area (Å²) in [6, 6.07) is 0.969. The van der Waals surface area contributed by atoms with E-state index < -0.39 is 52.6 Å². The fourth-order valence-electron chi connectivity index (χ4n) is 4.22. The van der Waals surface area contributed by atoms with Crippen LogP contribution in [0.1, 0.15) is 52.6 Å². The molecular weight excluding hydrogens is 429 g/mol. The predicted octanol–water partition coefficient (Wildman–Crippen LogP) is 1.82. The lowest BCUT2D eigenvalue weighted by Gasteiger charge is -2.48. The fraction of sp³-hybridized carbons (Fsp3) is 0.381. The minimum Gasteiger partial charge on any atom is -0.502 e. The first-order chi connectivity index (χ1) is 15.2. The molecule has 1 aromatic carbocycles. The number of aromatic hydroxyl groups is 1. The molecule has 0 bridgehead atoms. The van der Waals surface area contributed by atoms with Crippen molar-refractivity contribution in [1.29, 1.82) is 0 Å². The molecule has 32 heavy (non-hydrogen) atoms. The number of carbonyl (C=O) groups excluding carboxylic acids is 2. The molecule has 0 unspecified atom stereocenters. The highest BCUT2D eigenvalue weighted by Crippen LogP contribution is 2.29. The van der Waals surface area contributed by atoms with Crippen molar-refractivity contribution in [2.24, 2.45) is 0 Å². The van der Waals surface area contributed by atoms with Crippen molar-refractivity contribution in [2.75, 3.05) is 18.1 Å². The van der Waals surface area contributed by atoms with Crippen LogP contribution in [0.3, 0.4) is 0 Å². The lowest BCUT2D eigenvalue weighted by atomic mass is 10.1. The summed E-state index contributed by atoms with van der Waals surface area (Å²) in [5, 5.41) is 14.6. The summed E-state index contributed by atoms with van der Waals surface area (Å²) in [5.74, 6) is -6.03. The SMILES string of the molecule is CCN1C(=O)c2c(O)c(=O)c(C(=O)NCc3cc(F)c(F)cc3F)cn2N2CCCC[C@@H]12. The number of nitrogens with zero attached hydrogens (tertiary/aromatic N) is 3. The molecule has 3 heterocycles. The van der Waals surface area contributed by atoms with Crippen LogP contribution in [0.15, 0.2) is 23.1 Å². The smallest absolute Gasteiger partial charge is 0.278 e. The van der Waals surface area contributed by atoms with Crippen molar-refractivity contribution in [1.82, 2.24) is 14.9 Å². The highest BCUT2D eigenvalue weighted by atomic mass is 19.2. The van der Waals surface area contributed by atoms with Crippen LogP contribution in [-0.2, 0) is 6.54 Å². The van der Waals surface area contributed by atoms with Crippen molar-refractivity contribution in [3.8, 4) is 5.75 Å². The maximum atomic E-state index is 13.8. The van der Waals surface area contributed by atoms with Crippen LogP contribution < -0.4 is 15.8 Å². The Morgan fingerprint density at radius 1 is 1.16 bits per heavy atom. The minimum absolute atomic E-state index is 0.224. The number of hydrogen-bond acceptors (Lipinski definition) is 5. The van der Waals surface area contributed by atoms with Crippen LogP contribution in [0.2, 0.25) is 0 Å². The minimum atomic E-state index is -1.36. The maximum absolute atomic E-state index is 13.8. The van der Waals surface area contributed by atoms with Gasteiger partial charge in [-0.25, -0.2) is 13.2 Å². The Morgan fingerprint density at radius 2 is 1.88 bits per heavy atom. The van der Waals surface area contributed by atoms with Crippen molar-refractivity contribution in [3.05, 3.63) is 62.8 Å². The highest BCUT2D eigenvalue weighted by molar-refractivity contribution is 5.99. The molecule has 0 saturated carbocycles. The van der Waals surface area contributed by atoms with Gasteiger partial charge in [0.2, 0.25) is 5.43 Å². The summed E-state index contributed by atoms with van der Waals surface area (Å²) < 4.78 is 41.7. The van der Waals surface area contributed by atoms with Gasteiger partial charge in [0, 0.05) is 37.5 Å². The number of halogens is 3. The summed E-state index contributed by atoms with van der Waals surface area (Å²) >= 11 is 0. The molecule has 2 aliphatic heterocycles. The number of aromatic nitrogens is 1. The largest absolute Gasteiger partial charge is 0.502 e. The van der Waals surface area contributed by atoms with E-state index in [1.165, 1.54) is 10.9 Å². The van der Waals surface area contributed by atoms with E-state index in [0.29, 0.717) is 31.6 Å². The number of fused-ring (bicyclic) bond motifs is 3. The van der Waals surface area contributed by atoms with E-state index in [1.807, 2.05) is 5.01 Å². The standard InChI is InChI=1S/C21H21F3N4O4/c1-2-26-16-5-3-4-6-27(16)28-10-12(18(29)19(30)17(28)21(26)32)20(31)25-9-11-7-14(23)15(24)8-13(11)22/h7-8,10,16,30H,2-6,9H2,1H3,(H,25,31)/t16-/m0/s1. The zero-order valence-corrected chi connectivity index (χ0v) is 17.2. The summed E-state index contributed by atoms with van der Waals surface area (Å²) in [7, 11) is 0. The summed E-state index contributed by atoms with van der Waals surface area (Å²) in [5.41, 5.74) is -2.06. The van der Waals surface area contributed by atoms with Crippen molar-refractivity contribution in [3.63, 3.8) is 0 Å². The average molecular weight is 450 g/mol. The third kappa shape index (κ3) is 3.47. The number of piperidine rings is 1. The fourth-order valence-corrected chi connectivity index (χ4v) is 4.22. The molecule has 8 nitrogen and oxygen atoms in total. The van der Waals surface area contributed by atoms with Gasteiger partial charge in [-0.3, -0.25) is 24.1 Å². The maximum Gasteiger partial charge on any atom is 0.278 e. The second-order valence-electron chi connectivity index (χ2n) is 7.68. The number of rotatable bonds is 4. The molecule has 1 saturated heterocycles. The van der Waals surface area contributed by atoms with Crippen LogP contribution in [0, 0.1) is 17.5 Å². The third-order valence-electron chi connectivity index (χ3n) is 5.82. The number of pyridine rings is 1. The molecule has 0 radical (unpaired) electrons. The van der Waals surface area contributed by atoms with Gasteiger partial charge in [-0.2, -0.15) is 0 Å². The van der Waals surface area contributed by atoms with Crippen molar-refractivity contribution in [2.45, 2.75) is 38.9 Å². The molecule has 0 aliphatic carbocycles. The van der Waals surface area contributed by atoms with E-state index in [-0.39, 0.29) is 17.4 Å². The Balaban J connectivity index is 1.69. The number of amides is 2. The first-order valence-electron chi connectivity index (χ1n) is 10.2. The third-order valence-corrected chi connectivity index (χ3v) is 5.82. The second kappa shape index (κ2) is 8.21. The van der Waals surface area contributed by atoms with Crippen LogP contribution in [0.25, 0.3) is 0 Å². The van der Waals surface area contributed by atoms with Crippen LogP contribution in [0.5, 0.6) is 5.75 Å². The van der Waals surface area contributed by atoms with Gasteiger partial charge in [0.05, 0.1) is 0 Å². The number of carbonyl (C=O) groups is 2. The van der Waals surface area contributed by atoms with Gasteiger partial charge < -0.3 is 15.3 Å². The molecule has 2 amide bonds. The van der Waals surface area contributed by atoms with E-state index in [4.69, 9.17) is 0 Å². The van der Waals surface area contributed by atoms with Gasteiger partial charge in [-0.05, 0) is 32.3 Å². The predicted molar refractivity (Wildman–Crippen MR) is 107 cm³/mol. The van der Waals surface area contributed by atoms with E-state index in [9.17, 15) is 32.7 Å². The molecule has 2 aliphatic rings. The van der Waals surface area contributed by atoms with Gasteiger partial charge in [0.25, 0.3) is 11.8 Å². The highest BCUT2D eigenvalue weighted by Gasteiger charge is 2.40. The molecule has 4 rings (SSSR count). The zero-order valence-electron chi connectivity index (χ0n) is 17.2. The monoisotopic (exact) mass is 450 g/mol. The van der Waals surface area contributed by atoms with E-state index >= 15 is 0 Å². The first kappa shape index (κ1) is 21.7. The van der Waals surface area contributed by atoms with Crippen LogP contribution in [0.4, 0.5) is 13.2 Å². The Hall–Kier alpha value is -3.50. The molecule has 11 heteroatoms. The normalized spacial score (nSPS) is 17.8. The molecule has 0 spiro atoms. The van der Waals surface area contributed by atoms with Gasteiger partial charge in [0.15, 0.2) is 23.1 Å². The van der Waals surface area contributed by atoms with E-state index in [2.05, 4.69) is 5.32 Å². The Labute approximate surface area is 180 Å². The molecular formula is C21H21F3N4O4. The van der Waals surface area contributed by atoms with Crippen LogP contribution >= 0.6 is 0 Å². The molecule has 170 valence electrons. The van der Waals surface area contributed by atoms with E-state index in [1.54, 1.807) is 11.8 Å². The zero-order chi connectivity index (χ0) is 23.2. The Morgan fingerprint density at radius 3 is 2.59 bits per heavy atom. The van der Waals surface area contributed by atoms with Gasteiger partial charge in [0.1, 0.15) is 17.5 Å². The van der Waals surface area contributed by atoms with Crippen molar-refractivity contribution >= 4 is 11.8 Å². The molecule has 2 N–H and O–H groups in total. The molecule has 1 fully saturated rings. The number of benzene rings is 1. The molecule has 2 aromatic rings. The summed E-state index contributed by atoms with van der Waals surface area (Å²) in [4.78, 5) is 39.8. The van der Waals surface area contributed by atoms with Gasteiger partial charge in [-0.1, -0.05) is 0 Å². The van der Waals surface area contributed by atoms with E-state index in [0.717, 1.165) is 12.8 Å². The van der Waals surface area contributed by atoms with Gasteiger partial charge >= 0.3 is 0 Å². The number of hydrogen-bond donors (Lipinski definition) is 2. The number of nitrogens with one attached hydrogen (secondary N) is 1. The van der Waals surface area contributed by atoms with Crippen molar-refractivity contribution < 1.29 is 27.9 Å². The lowest BCUT2D eigenvalue weighted by molar-refractivity contribution is 0.0534. The lowest BCUT2D eigenvalue weighted by Crippen LogP contribution is -2.63. The first-order valence-corrected chi connectivity index (χ1v) is 10.2. The Kier molecular flexibility index (Phi) is 5.57. The summed E-state index contributed by atoms with van der Waals surface area (Å²) in [6.45, 7) is 2.22. The quantitative estimate of drug-likeness (QED) is 0.694. The topological polar surface area (TPSA) is 94.9 Å². The average Bonchev–Trinajstić information content (AvgIpc) is 2.77. The second-order valence-corrected chi connectivity index (χ2v) is 7.68. The van der Waals surface area contributed by atoms with Crippen LogP contribution in [-0.4, -0.2) is 45.8 Å². The molecule has 1 atom stereocenters. The Bertz CT molecular complexity index is 1170. The summed E-state index contributed by atoms with van der Waals surface area (Å²) in [6.07, 6.45) is 3.33.